The van der Waals surface area contributed by atoms with Crippen LogP contribution in [0, 0.1) is 0 Å². The van der Waals surface area contributed by atoms with Gasteiger partial charge in [-0.1, -0.05) is 213 Å². The number of hydrogen-bond acceptors (Lipinski definition) is 5. The van der Waals surface area contributed by atoms with Crippen molar-refractivity contribution in [3.05, 3.63) is 0 Å². The molecule has 1 amide bonds. The minimum Gasteiger partial charge on any atom is -0.462 e. The maximum absolute atomic E-state index is 13.1. The molecule has 304 valence electrons. The smallest absolute Gasteiger partial charge is 0.306 e. The minimum absolute atomic E-state index is 0.0865. The number of aliphatic hydroxyl groups is 2. The standard InChI is InChI=1S/C45H89NO5/c1-4-7-10-13-16-19-22-24-27-30-33-36-41(51-45(50)38-35-32-29-26-23-20-17-14-11-8-5-2)39-44(49)46-42(40-47)43(48)37-34-31-28-25-21-18-15-12-9-6-3/h41-43,47-48H,4-40H2,1-3H3,(H,46,49). The fourth-order valence-corrected chi connectivity index (χ4v) is 7.20. The Bertz CT molecular complexity index is 731. The molecule has 6 nitrogen and oxygen atoms in total. The quantitative estimate of drug-likeness (QED) is 0.0431. The summed E-state index contributed by atoms with van der Waals surface area (Å²) in [6.45, 7) is 6.46. The Morgan fingerprint density at radius 2 is 0.824 bits per heavy atom. The van der Waals surface area contributed by atoms with E-state index in [0.717, 1.165) is 44.9 Å². The summed E-state index contributed by atoms with van der Waals surface area (Å²) >= 11 is 0. The van der Waals surface area contributed by atoms with Crippen molar-refractivity contribution in [1.29, 1.82) is 0 Å². The summed E-state index contributed by atoms with van der Waals surface area (Å²) in [5.74, 6) is -0.460. The number of unbranched alkanes of at least 4 members (excludes halogenated alkanes) is 29. The van der Waals surface area contributed by atoms with Crippen LogP contribution in [-0.4, -0.2) is 46.9 Å². The van der Waals surface area contributed by atoms with Crippen molar-refractivity contribution in [2.24, 2.45) is 0 Å². The van der Waals surface area contributed by atoms with Crippen LogP contribution in [0.2, 0.25) is 0 Å². The van der Waals surface area contributed by atoms with Gasteiger partial charge in [-0.3, -0.25) is 9.59 Å². The Morgan fingerprint density at radius 3 is 1.20 bits per heavy atom. The first kappa shape index (κ1) is 49.9. The van der Waals surface area contributed by atoms with Gasteiger partial charge < -0.3 is 20.3 Å². The molecule has 0 radical (unpaired) electrons. The van der Waals surface area contributed by atoms with E-state index < -0.39 is 18.2 Å². The molecule has 0 aliphatic heterocycles. The number of esters is 1. The van der Waals surface area contributed by atoms with E-state index in [4.69, 9.17) is 4.74 Å². The molecule has 0 bridgehead atoms. The molecule has 0 fully saturated rings. The van der Waals surface area contributed by atoms with E-state index in [0.29, 0.717) is 19.3 Å². The summed E-state index contributed by atoms with van der Waals surface area (Å²) in [5.41, 5.74) is 0. The number of ether oxygens (including phenoxy) is 1. The van der Waals surface area contributed by atoms with Crippen LogP contribution in [0.15, 0.2) is 0 Å². The van der Waals surface area contributed by atoms with Crippen LogP contribution in [0.25, 0.3) is 0 Å². The summed E-state index contributed by atoms with van der Waals surface area (Å²) in [6.07, 6.45) is 40.1. The lowest BCUT2D eigenvalue weighted by atomic mass is 10.0. The van der Waals surface area contributed by atoms with E-state index in [2.05, 4.69) is 26.1 Å². The fraction of sp³-hybridized carbons (Fsp3) is 0.956. The second-order valence-corrected chi connectivity index (χ2v) is 15.8. The summed E-state index contributed by atoms with van der Waals surface area (Å²) in [5, 5.41) is 23.6. The van der Waals surface area contributed by atoms with Crippen molar-refractivity contribution < 1.29 is 24.5 Å². The average Bonchev–Trinajstić information content (AvgIpc) is 3.12. The Balaban J connectivity index is 4.55. The molecule has 51 heavy (non-hydrogen) atoms. The Morgan fingerprint density at radius 1 is 0.490 bits per heavy atom. The van der Waals surface area contributed by atoms with Crippen LogP contribution in [0.4, 0.5) is 0 Å². The molecule has 6 heteroatoms. The SMILES string of the molecule is CCCCCCCCCCCCCC(=O)OC(CCCCCCCCCCCCC)CC(=O)NC(CO)C(O)CCCCCCCCCCCC. The molecule has 0 rings (SSSR count). The zero-order valence-electron chi connectivity index (χ0n) is 34.5. The number of amides is 1. The molecular formula is C45H89NO5. The first-order valence-electron chi connectivity index (χ1n) is 22.8. The fourth-order valence-electron chi connectivity index (χ4n) is 7.20. The molecule has 0 aromatic rings. The van der Waals surface area contributed by atoms with Gasteiger partial charge in [0.2, 0.25) is 5.91 Å². The largest absolute Gasteiger partial charge is 0.462 e. The number of carbonyl (C=O) groups is 2. The lowest BCUT2D eigenvalue weighted by Crippen LogP contribution is -2.46. The second kappa shape index (κ2) is 40.1. The zero-order valence-corrected chi connectivity index (χ0v) is 34.5. The highest BCUT2D eigenvalue weighted by Gasteiger charge is 2.24. The van der Waals surface area contributed by atoms with Gasteiger partial charge in [0, 0.05) is 6.42 Å². The Labute approximate surface area is 317 Å². The number of aliphatic hydroxyl groups excluding tert-OH is 2. The van der Waals surface area contributed by atoms with E-state index >= 15 is 0 Å². The zero-order chi connectivity index (χ0) is 37.5. The maximum Gasteiger partial charge on any atom is 0.306 e. The lowest BCUT2D eigenvalue weighted by molar-refractivity contribution is -0.151. The number of nitrogens with one attached hydrogen (secondary N) is 1. The highest BCUT2D eigenvalue weighted by Crippen LogP contribution is 2.18. The number of hydrogen-bond donors (Lipinski definition) is 3. The molecule has 0 saturated heterocycles. The van der Waals surface area contributed by atoms with Crippen LogP contribution in [0.1, 0.15) is 252 Å². The van der Waals surface area contributed by atoms with Crippen molar-refractivity contribution in [2.75, 3.05) is 6.61 Å². The van der Waals surface area contributed by atoms with Gasteiger partial charge in [-0.2, -0.15) is 0 Å². The van der Waals surface area contributed by atoms with Crippen LogP contribution in [0.5, 0.6) is 0 Å². The summed E-state index contributed by atoms with van der Waals surface area (Å²) < 4.78 is 5.89. The third kappa shape index (κ3) is 35.6. The average molecular weight is 724 g/mol. The van der Waals surface area contributed by atoms with E-state index in [-0.39, 0.29) is 24.9 Å². The summed E-state index contributed by atoms with van der Waals surface area (Å²) in [4.78, 5) is 25.9. The van der Waals surface area contributed by atoms with Crippen molar-refractivity contribution in [1.82, 2.24) is 5.32 Å². The van der Waals surface area contributed by atoms with Crippen molar-refractivity contribution in [2.45, 2.75) is 270 Å². The molecule has 0 spiro atoms. The Kier molecular flexibility index (Phi) is 39.2. The van der Waals surface area contributed by atoms with Crippen LogP contribution < -0.4 is 5.32 Å². The predicted octanol–water partition coefficient (Wildman–Crippen LogP) is 12.8. The molecular weight excluding hydrogens is 634 g/mol. The van der Waals surface area contributed by atoms with E-state index in [1.807, 2.05) is 0 Å². The number of carbonyl (C=O) groups excluding carboxylic acids is 2. The third-order valence-electron chi connectivity index (χ3n) is 10.7. The van der Waals surface area contributed by atoms with Gasteiger partial charge in [-0.25, -0.2) is 0 Å². The monoisotopic (exact) mass is 724 g/mol. The molecule has 0 aromatic carbocycles. The predicted molar refractivity (Wildman–Crippen MR) is 218 cm³/mol. The lowest BCUT2D eigenvalue weighted by Gasteiger charge is -2.24. The second-order valence-electron chi connectivity index (χ2n) is 15.8. The summed E-state index contributed by atoms with van der Waals surface area (Å²) in [6, 6.07) is -0.689. The van der Waals surface area contributed by atoms with Crippen molar-refractivity contribution in [3.63, 3.8) is 0 Å². The topological polar surface area (TPSA) is 95.9 Å². The van der Waals surface area contributed by atoms with Crippen molar-refractivity contribution in [3.8, 4) is 0 Å². The molecule has 0 aromatic heterocycles. The highest BCUT2D eigenvalue weighted by atomic mass is 16.5. The van der Waals surface area contributed by atoms with Gasteiger partial charge in [0.1, 0.15) is 6.10 Å². The van der Waals surface area contributed by atoms with E-state index in [1.165, 1.54) is 161 Å². The van der Waals surface area contributed by atoms with E-state index in [1.54, 1.807) is 0 Å². The van der Waals surface area contributed by atoms with Gasteiger partial charge in [0.25, 0.3) is 0 Å². The van der Waals surface area contributed by atoms with Gasteiger partial charge in [0.05, 0.1) is 25.2 Å². The van der Waals surface area contributed by atoms with Crippen molar-refractivity contribution >= 4 is 11.9 Å². The molecule has 0 aliphatic carbocycles. The Hall–Kier alpha value is -1.14. The van der Waals surface area contributed by atoms with Crippen LogP contribution >= 0.6 is 0 Å². The van der Waals surface area contributed by atoms with Gasteiger partial charge >= 0.3 is 5.97 Å². The normalized spacial score (nSPS) is 13.3. The molecule has 0 heterocycles. The molecule has 0 saturated carbocycles. The molecule has 3 atom stereocenters. The minimum atomic E-state index is -0.776. The third-order valence-corrected chi connectivity index (χ3v) is 10.7. The van der Waals surface area contributed by atoms with Gasteiger partial charge in [0.15, 0.2) is 0 Å². The van der Waals surface area contributed by atoms with Gasteiger partial charge in [-0.05, 0) is 25.7 Å². The molecule has 3 unspecified atom stereocenters. The molecule has 3 N–H and O–H groups in total. The summed E-state index contributed by atoms with van der Waals surface area (Å²) in [7, 11) is 0. The van der Waals surface area contributed by atoms with Gasteiger partial charge in [-0.15, -0.1) is 0 Å². The first-order valence-corrected chi connectivity index (χ1v) is 22.8. The van der Waals surface area contributed by atoms with Crippen LogP contribution in [-0.2, 0) is 14.3 Å². The number of rotatable bonds is 41. The molecule has 0 aliphatic rings. The maximum atomic E-state index is 13.1. The van der Waals surface area contributed by atoms with E-state index in [9.17, 15) is 19.8 Å². The highest BCUT2D eigenvalue weighted by molar-refractivity contribution is 5.77. The first-order chi connectivity index (χ1) is 25.0. The van der Waals surface area contributed by atoms with Crippen LogP contribution in [0.3, 0.4) is 0 Å².